The van der Waals surface area contributed by atoms with Gasteiger partial charge in [0.1, 0.15) is 26.8 Å². The molecule has 12 nitrogen and oxygen atoms in total. The Bertz CT molecular complexity index is 2420. The van der Waals surface area contributed by atoms with E-state index in [-0.39, 0.29) is 51.2 Å². The van der Waals surface area contributed by atoms with Gasteiger partial charge in [0.2, 0.25) is 11.6 Å². The number of nitrogens with one attached hydrogen (secondary N) is 1. The van der Waals surface area contributed by atoms with E-state index in [2.05, 4.69) is 14.8 Å². The number of allylic oxidation sites excluding steroid dienone is 8. The van der Waals surface area contributed by atoms with Gasteiger partial charge in [0.15, 0.2) is 5.71 Å². The van der Waals surface area contributed by atoms with Gasteiger partial charge in [0, 0.05) is 72.4 Å². The summed E-state index contributed by atoms with van der Waals surface area (Å²) in [5.74, 6) is -0.199. The van der Waals surface area contributed by atoms with Crippen molar-refractivity contribution in [3.05, 3.63) is 93.7 Å². The summed E-state index contributed by atoms with van der Waals surface area (Å²) in [5, 5.41) is 3.28. The fourth-order valence-corrected chi connectivity index (χ4v) is 9.95. The number of fused-ring (bicyclic) bond motifs is 2. The van der Waals surface area contributed by atoms with Crippen LogP contribution >= 0.6 is 11.6 Å². The summed E-state index contributed by atoms with van der Waals surface area (Å²) in [6.45, 7) is 11.8. The van der Waals surface area contributed by atoms with Crippen LogP contribution in [0.15, 0.2) is 92.4 Å². The average molecular weight is 935 g/mol. The monoisotopic (exact) mass is 933 g/mol. The topological polar surface area (TPSA) is 176 Å². The number of halogens is 1. The molecule has 0 aromatic heterocycles. The molecule has 0 atom stereocenters. The molecular formula is C47H61ClN3NaO9S2. The van der Waals surface area contributed by atoms with E-state index >= 15 is 0 Å². The predicted molar refractivity (Wildman–Crippen MR) is 241 cm³/mol. The van der Waals surface area contributed by atoms with Gasteiger partial charge in [0.05, 0.1) is 21.8 Å². The molecule has 0 unspecified atom stereocenters. The fourth-order valence-electron chi connectivity index (χ4n) is 8.64. The first kappa shape index (κ1) is 52.5. The van der Waals surface area contributed by atoms with E-state index in [4.69, 9.17) is 16.3 Å². The van der Waals surface area contributed by atoms with Crippen molar-refractivity contribution in [2.45, 2.75) is 139 Å². The van der Waals surface area contributed by atoms with Crippen LogP contribution in [0.3, 0.4) is 0 Å². The summed E-state index contributed by atoms with van der Waals surface area (Å²) >= 11 is 7.22. The molecule has 3 aliphatic rings. The van der Waals surface area contributed by atoms with Gasteiger partial charge in [-0.2, -0.15) is 4.58 Å². The third-order valence-corrected chi connectivity index (χ3v) is 14.4. The Labute approximate surface area is 401 Å². The summed E-state index contributed by atoms with van der Waals surface area (Å²) < 4.78 is 79.9. The van der Waals surface area contributed by atoms with Gasteiger partial charge in [-0.05, 0) is 118 Å². The molecule has 1 N–H and O–H groups in total. The maximum Gasteiger partial charge on any atom is 1.00 e. The molecule has 5 rings (SSSR count). The van der Waals surface area contributed by atoms with Crippen LogP contribution in [0.5, 0.6) is 0 Å². The summed E-state index contributed by atoms with van der Waals surface area (Å²) in [7, 11) is -7.73. The number of carbonyl (C=O) groups is 2. The van der Waals surface area contributed by atoms with E-state index in [1.807, 2.05) is 58.9 Å². The van der Waals surface area contributed by atoms with Crippen molar-refractivity contribution in [3.63, 3.8) is 0 Å². The Kier molecular flexibility index (Phi) is 18.7. The molecule has 0 radical (unpaired) electrons. The number of esters is 1. The molecule has 2 aliphatic heterocycles. The molecule has 16 heteroatoms. The number of amides is 1. The quantitative estimate of drug-likeness (QED) is 0.0551. The Morgan fingerprint density at radius 2 is 1.49 bits per heavy atom. The van der Waals surface area contributed by atoms with Crippen LogP contribution in [-0.2, 0) is 45.4 Å². The SMILES string of the molecule is CCCCOC(=O)CCCCCN1/C(=C/C=C2\CCCC(/C=C/C3=[N+](CCCCCC(=O)NC)c4ccc(S(=O)(=O)[O-])cc4C3(C)C)=C2Cl)C(C)(C)c2cc(S(=O)(=O)[O-])ccc21.[Na+]. The van der Waals surface area contributed by atoms with Crippen LogP contribution in [0.25, 0.3) is 0 Å². The molecule has 0 saturated heterocycles. The van der Waals surface area contributed by atoms with E-state index in [0.717, 1.165) is 109 Å². The standard InChI is InChI=1S/C47H62ClN3O9S2.Na/c1-7-8-30-60-44(53)19-12-10-14-29-51-40-25-23-36(62(57,58)59)32-38(40)47(4,5)42(51)27-21-34-17-15-16-33(45(34)48)20-26-41-46(2,3)37-31-35(61(54,55)56)22-24-39(37)50(41)28-13-9-11-18-43(52)49-6;/h20-27,31-32H,7-19,28-30H2,1-6H3,(H2-,49,52,54,55,56,57,58,59);/q;+1/p-1. The number of hydrogen-bond acceptors (Lipinski definition) is 10. The van der Waals surface area contributed by atoms with E-state index in [1.54, 1.807) is 19.2 Å². The molecule has 2 aromatic rings. The van der Waals surface area contributed by atoms with Crippen molar-refractivity contribution >= 4 is 60.8 Å². The number of carbonyl (C=O) groups excluding carboxylic acids is 2. The number of hydrogen-bond donors (Lipinski definition) is 1. The zero-order valence-electron chi connectivity index (χ0n) is 37.9. The largest absolute Gasteiger partial charge is 1.00 e. The van der Waals surface area contributed by atoms with Crippen LogP contribution in [0.2, 0.25) is 0 Å². The van der Waals surface area contributed by atoms with Crippen molar-refractivity contribution in [2.24, 2.45) is 0 Å². The van der Waals surface area contributed by atoms with E-state index in [0.29, 0.717) is 44.0 Å². The smallest absolute Gasteiger partial charge is 0.744 e. The molecule has 0 spiro atoms. The maximum atomic E-state index is 12.2. The second-order valence-electron chi connectivity index (χ2n) is 17.3. The van der Waals surface area contributed by atoms with Crippen molar-refractivity contribution in [2.75, 3.05) is 31.6 Å². The van der Waals surface area contributed by atoms with Gasteiger partial charge in [-0.25, -0.2) is 16.8 Å². The number of rotatable bonds is 20. The van der Waals surface area contributed by atoms with Crippen molar-refractivity contribution in [1.82, 2.24) is 5.32 Å². The zero-order chi connectivity index (χ0) is 45.5. The van der Waals surface area contributed by atoms with Crippen molar-refractivity contribution < 1.29 is 74.4 Å². The van der Waals surface area contributed by atoms with Crippen LogP contribution in [0, 0.1) is 0 Å². The Morgan fingerprint density at radius 1 is 0.841 bits per heavy atom. The van der Waals surface area contributed by atoms with Gasteiger partial charge < -0.3 is 24.1 Å². The maximum absolute atomic E-state index is 12.2. The van der Waals surface area contributed by atoms with Crippen molar-refractivity contribution in [3.8, 4) is 0 Å². The van der Waals surface area contributed by atoms with Crippen LogP contribution in [0.1, 0.15) is 129 Å². The minimum absolute atomic E-state index is 0. The Morgan fingerprint density at radius 3 is 2.16 bits per heavy atom. The Balaban J connectivity index is 0.00000871. The minimum atomic E-state index is -4.68. The van der Waals surface area contributed by atoms with Crippen LogP contribution < -0.4 is 39.8 Å². The van der Waals surface area contributed by atoms with Gasteiger partial charge in [-0.1, -0.05) is 57.4 Å². The molecule has 0 saturated carbocycles. The number of benzene rings is 2. The van der Waals surface area contributed by atoms with Gasteiger partial charge >= 0.3 is 35.5 Å². The van der Waals surface area contributed by atoms with Gasteiger partial charge in [-0.15, -0.1) is 0 Å². The Hall–Kier alpha value is -3.08. The molecule has 2 heterocycles. The second kappa shape index (κ2) is 22.4. The van der Waals surface area contributed by atoms with E-state index < -0.39 is 31.1 Å². The zero-order valence-corrected chi connectivity index (χ0v) is 42.2. The summed E-state index contributed by atoms with van der Waals surface area (Å²) in [5.41, 5.74) is 5.59. The van der Waals surface area contributed by atoms with E-state index in [9.17, 15) is 35.5 Å². The third kappa shape index (κ3) is 12.8. The summed E-state index contributed by atoms with van der Waals surface area (Å²) in [4.78, 5) is 25.6. The molecule has 338 valence electrons. The molecule has 1 aliphatic carbocycles. The fraction of sp³-hybridized carbons (Fsp3) is 0.511. The number of nitrogens with zero attached hydrogens (tertiary/aromatic N) is 2. The van der Waals surface area contributed by atoms with Crippen molar-refractivity contribution in [1.29, 1.82) is 0 Å². The summed E-state index contributed by atoms with van der Waals surface area (Å²) in [6, 6.07) is 9.09. The average Bonchev–Trinajstić information content (AvgIpc) is 3.56. The van der Waals surface area contributed by atoms with Crippen LogP contribution in [0.4, 0.5) is 11.4 Å². The molecule has 2 aromatic carbocycles. The normalized spacial score (nSPS) is 18.3. The first-order valence-corrected chi connectivity index (χ1v) is 24.9. The molecule has 63 heavy (non-hydrogen) atoms. The summed E-state index contributed by atoms with van der Waals surface area (Å²) in [6.07, 6.45) is 17.6. The minimum Gasteiger partial charge on any atom is -0.744 e. The molecular weight excluding hydrogens is 873 g/mol. The number of unbranched alkanes of at least 4 members (excludes halogenated alkanes) is 5. The van der Waals surface area contributed by atoms with Gasteiger partial charge in [-0.3, -0.25) is 9.59 Å². The van der Waals surface area contributed by atoms with E-state index in [1.165, 1.54) is 24.3 Å². The second-order valence-corrected chi connectivity index (χ2v) is 20.5. The molecule has 0 fully saturated rings. The molecule has 1 amide bonds. The first-order chi connectivity index (χ1) is 29.2. The van der Waals surface area contributed by atoms with Gasteiger partial charge in [0.25, 0.3) is 0 Å². The third-order valence-electron chi connectivity index (χ3n) is 12.2. The van der Waals surface area contributed by atoms with Crippen LogP contribution in [-0.4, -0.2) is 74.8 Å². The molecule has 0 bridgehead atoms. The first-order valence-electron chi connectivity index (χ1n) is 21.7. The number of ether oxygens (including phenoxy) is 1. The number of anilines is 1. The predicted octanol–water partition coefficient (Wildman–Crippen LogP) is 5.93.